The average molecular weight is 352 g/mol. The Bertz CT molecular complexity index is 866. The van der Waals surface area contributed by atoms with Crippen molar-refractivity contribution in [1.29, 1.82) is 0 Å². The molecule has 0 aromatic heterocycles. The number of amides is 1. The summed E-state index contributed by atoms with van der Waals surface area (Å²) in [5, 5.41) is 2.52. The molecule has 8 heteroatoms. The number of carbonyl (C=O) groups excluding carboxylic acids is 1. The van der Waals surface area contributed by atoms with Gasteiger partial charge in [0.2, 0.25) is 10.0 Å². The van der Waals surface area contributed by atoms with Crippen LogP contribution in [0.5, 0.6) is 5.75 Å². The molecule has 0 saturated carbocycles. The Labute approximate surface area is 139 Å². The lowest BCUT2D eigenvalue weighted by molar-refractivity contribution is 0.102. The van der Waals surface area contributed by atoms with Crippen molar-refractivity contribution < 1.29 is 22.3 Å². The topological polar surface area (TPSA) is 75.7 Å². The third-order valence-electron chi connectivity index (χ3n) is 3.27. The number of anilines is 1. The molecule has 24 heavy (non-hydrogen) atoms. The first-order valence-electron chi connectivity index (χ1n) is 6.93. The quantitative estimate of drug-likeness (QED) is 0.896. The first kappa shape index (κ1) is 17.9. The molecule has 6 nitrogen and oxygen atoms in total. The zero-order valence-electron chi connectivity index (χ0n) is 13.4. The minimum atomic E-state index is -3.79. The Balaban J connectivity index is 2.40. The molecule has 0 radical (unpaired) electrons. The Hall–Kier alpha value is -2.45. The Morgan fingerprint density at radius 1 is 1.17 bits per heavy atom. The summed E-state index contributed by atoms with van der Waals surface area (Å²) in [6.07, 6.45) is 0. The highest BCUT2D eigenvalue weighted by Gasteiger charge is 2.24. The standard InChI is InChI=1S/C16H17FN2O4S/c1-19(2)24(21,22)15-9-11(7-8-14(15)23-3)16(20)18-13-6-4-5-12(17)10-13/h4-10H,1-3H3,(H,18,20). The fourth-order valence-corrected chi connectivity index (χ4v) is 3.06. The summed E-state index contributed by atoms with van der Waals surface area (Å²) >= 11 is 0. The van der Waals surface area contributed by atoms with E-state index in [4.69, 9.17) is 4.74 Å². The largest absolute Gasteiger partial charge is 0.495 e. The lowest BCUT2D eigenvalue weighted by Crippen LogP contribution is -2.23. The van der Waals surface area contributed by atoms with Crippen molar-refractivity contribution in [3.63, 3.8) is 0 Å². The maximum atomic E-state index is 13.2. The van der Waals surface area contributed by atoms with Crippen molar-refractivity contribution in [1.82, 2.24) is 4.31 Å². The zero-order valence-corrected chi connectivity index (χ0v) is 14.2. The molecular formula is C16H17FN2O4S. The van der Waals surface area contributed by atoms with E-state index in [1.165, 1.54) is 63.7 Å². The molecule has 0 fully saturated rings. The molecule has 1 N–H and O–H groups in total. The maximum absolute atomic E-state index is 13.2. The van der Waals surface area contributed by atoms with Gasteiger partial charge in [0.25, 0.3) is 5.91 Å². The van der Waals surface area contributed by atoms with Crippen molar-refractivity contribution in [2.75, 3.05) is 26.5 Å². The first-order valence-corrected chi connectivity index (χ1v) is 8.37. The Kier molecular flexibility index (Phi) is 5.20. The fraction of sp³-hybridized carbons (Fsp3) is 0.188. The number of hydrogen-bond donors (Lipinski definition) is 1. The highest BCUT2D eigenvalue weighted by Crippen LogP contribution is 2.27. The van der Waals surface area contributed by atoms with Gasteiger partial charge in [-0.25, -0.2) is 17.1 Å². The lowest BCUT2D eigenvalue weighted by Gasteiger charge is -2.15. The molecule has 2 rings (SSSR count). The molecule has 0 bridgehead atoms. The number of methoxy groups -OCH3 is 1. The van der Waals surface area contributed by atoms with Crippen LogP contribution >= 0.6 is 0 Å². The molecule has 128 valence electrons. The summed E-state index contributed by atoms with van der Waals surface area (Å²) in [7, 11) is 0.323. The predicted octanol–water partition coefficient (Wildman–Crippen LogP) is 2.34. The van der Waals surface area contributed by atoms with E-state index in [-0.39, 0.29) is 21.9 Å². The predicted molar refractivity (Wildman–Crippen MR) is 88.2 cm³/mol. The number of benzene rings is 2. The van der Waals surface area contributed by atoms with E-state index in [1.54, 1.807) is 0 Å². The minimum absolute atomic E-state index is 0.112. The van der Waals surface area contributed by atoms with Gasteiger partial charge in [0.1, 0.15) is 16.5 Å². The molecule has 0 unspecified atom stereocenters. The summed E-state index contributed by atoms with van der Waals surface area (Å²) in [5.74, 6) is -0.914. The van der Waals surface area contributed by atoms with Gasteiger partial charge in [0, 0.05) is 25.3 Å². The molecule has 0 aliphatic rings. The van der Waals surface area contributed by atoms with Crippen LogP contribution in [0, 0.1) is 5.82 Å². The first-order chi connectivity index (χ1) is 11.3. The molecule has 1 amide bonds. The van der Waals surface area contributed by atoms with Crippen LogP contribution < -0.4 is 10.1 Å². The van der Waals surface area contributed by atoms with Gasteiger partial charge in [-0.05, 0) is 36.4 Å². The van der Waals surface area contributed by atoms with Gasteiger partial charge in [0.15, 0.2) is 0 Å². The van der Waals surface area contributed by atoms with Crippen molar-refractivity contribution >= 4 is 21.6 Å². The van der Waals surface area contributed by atoms with E-state index in [0.29, 0.717) is 0 Å². The lowest BCUT2D eigenvalue weighted by atomic mass is 10.2. The smallest absolute Gasteiger partial charge is 0.255 e. The fourth-order valence-electron chi connectivity index (χ4n) is 1.99. The number of halogens is 1. The molecule has 0 atom stereocenters. The second-order valence-corrected chi connectivity index (χ2v) is 7.24. The van der Waals surface area contributed by atoms with E-state index in [9.17, 15) is 17.6 Å². The van der Waals surface area contributed by atoms with E-state index in [0.717, 1.165) is 4.31 Å². The van der Waals surface area contributed by atoms with Crippen LogP contribution in [0.3, 0.4) is 0 Å². The zero-order chi connectivity index (χ0) is 17.9. The highest BCUT2D eigenvalue weighted by molar-refractivity contribution is 7.89. The van der Waals surface area contributed by atoms with Crippen molar-refractivity contribution in [2.45, 2.75) is 4.90 Å². The van der Waals surface area contributed by atoms with Gasteiger partial charge in [-0.3, -0.25) is 4.79 Å². The van der Waals surface area contributed by atoms with Crippen molar-refractivity contribution in [3.05, 3.63) is 53.8 Å². The second kappa shape index (κ2) is 6.98. The van der Waals surface area contributed by atoms with E-state index < -0.39 is 21.7 Å². The highest BCUT2D eigenvalue weighted by atomic mass is 32.2. The van der Waals surface area contributed by atoms with Crippen LogP contribution in [0.25, 0.3) is 0 Å². The van der Waals surface area contributed by atoms with Gasteiger partial charge >= 0.3 is 0 Å². The van der Waals surface area contributed by atoms with Crippen molar-refractivity contribution in [2.24, 2.45) is 0 Å². The van der Waals surface area contributed by atoms with Gasteiger partial charge in [-0.2, -0.15) is 0 Å². The van der Waals surface area contributed by atoms with Crippen LogP contribution in [0.4, 0.5) is 10.1 Å². The van der Waals surface area contributed by atoms with Gasteiger partial charge < -0.3 is 10.1 Å². The van der Waals surface area contributed by atoms with Gasteiger partial charge in [-0.1, -0.05) is 6.07 Å². The van der Waals surface area contributed by atoms with Crippen LogP contribution in [0.1, 0.15) is 10.4 Å². The van der Waals surface area contributed by atoms with Crippen LogP contribution in [-0.4, -0.2) is 39.8 Å². The number of rotatable bonds is 5. The number of sulfonamides is 1. The molecular weight excluding hydrogens is 335 g/mol. The van der Waals surface area contributed by atoms with Crippen LogP contribution in [-0.2, 0) is 10.0 Å². The summed E-state index contributed by atoms with van der Waals surface area (Å²) < 4.78 is 44.0. The molecule has 0 heterocycles. The normalized spacial score (nSPS) is 11.4. The second-order valence-electron chi connectivity index (χ2n) is 5.12. The molecule has 0 aliphatic carbocycles. The van der Waals surface area contributed by atoms with Gasteiger partial charge in [-0.15, -0.1) is 0 Å². The van der Waals surface area contributed by atoms with Crippen molar-refractivity contribution in [3.8, 4) is 5.75 Å². The molecule has 2 aromatic carbocycles. The number of carbonyl (C=O) groups is 1. The minimum Gasteiger partial charge on any atom is -0.495 e. The van der Waals surface area contributed by atoms with E-state index in [1.807, 2.05) is 0 Å². The summed E-state index contributed by atoms with van der Waals surface area (Å²) in [4.78, 5) is 12.2. The Morgan fingerprint density at radius 3 is 2.46 bits per heavy atom. The molecule has 2 aromatic rings. The third-order valence-corrected chi connectivity index (χ3v) is 5.10. The summed E-state index contributed by atoms with van der Waals surface area (Å²) in [6, 6.07) is 9.47. The number of nitrogens with zero attached hydrogens (tertiary/aromatic N) is 1. The molecule has 0 aliphatic heterocycles. The maximum Gasteiger partial charge on any atom is 0.255 e. The molecule has 0 spiro atoms. The monoisotopic (exact) mass is 352 g/mol. The summed E-state index contributed by atoms with van der Waals surface area (Å²) in [5.41, 5.74) is 0.383. The number of nitrogens with one attached hydrogen (secondary N) is 1. The number of ether oxygens (including phenoxy) is 1. The third kappa shape index (κ3) is 3.72. The van der Waals surface area contributed by atoms with E-state index in [2.05, 4.69) is 5.32 Å². The van der Waals surface area contributed by atoms with Crippen LogP contribution in [0.15, 0.2) is 47.4 Å². The average Bonchev–Trinajstić information content (AvgIpc) is 2.54. The van der Waals surface area contributed by atoms with Crippen LogP contribution in [0.2, 0.25) is 0 Å². The Morgan fingerprint density at radius 2 is 1.88 bits per heavy atom. The summed E-state index contributed by atoms with van der Waals surface area (Å²) in [6.45, 7) is 0. The number of hydrogen-bond acceptors (Lipinski definition) is 4. The van der Waals surface area contributed by atoms with Gasteiger partial charge in [0.05, 0.1) is 7.11 Å². The molecule has 0 saturated heterocycles. The SMILES string of the molecule is COc1ccc(C(=O)Nc2cccc(F)c2)cc1S(=O)(=O)N(C)C. The van der Waals surface area contributed by atoms with E-state index >= 15 is 0 Å².